The van der Waals surface area contributed by atoms with Crippen molar-refractivity contribution in [2.75, 3.05) is 6.61 Å². The Bertz CT molecular complexity index is 970. The first kappa shape index (κ1) is 19.8. The van der Waals surface area contributed by atoms with E-state index in [1.54, 1.807) is 0 Å². The van der Waals surface area contributed by atoms with Gasteiger partial charge in [-0.3, -0.25) is 14.9 Å². The molecule has 0 spiro atoms. The van der Waals surface area contributed by atoms with Crippen molar-refractivity contribution in [2.24, 2.45) is 0 Å². The van der Waals surface area contributed by atoms with Crippen molar-refractivity contribution < 1.29 is 23.5 Å². The Hall–Kier alpha value is -3.94. The topological polar surface area (TPSA) is 111 Å². The average Bonchev–Trinajstić information content (AvgIpc) is 3.20. The fraction of sp³-hybridized carbons (Fsp3) is 0.143. The van der Waals surface area contributed by atoms with Crippen molar-refractivity contribution in [3.63, 3.8) is 0 Å². The number of carbonyl (C=O) groups is 3. The van der Waals surface area contributed by atoms with Gasteiger partial charge in [0.2, 0.25) is 5.89 Å². The standard InChI is InChI=1S/C21H19N3O5/c25-18(24-21(27)22-12-15-7-3-1-4-8-15)14-28-19(26)11-17-13-29-20(23-17)16-9-5-2-6-10-16/h1-10,13H,11-12,14H2,(H2,22,24,25,27). The number of oxazole rings is 1. The third-order valence-electron chi connectivity index (χ3n) is 3.81. The molecule has 0 saturated heterocycles. The number of urea groups is 1. The summed E-state index contributed by atoms with van der Waals surface area (Å²) in [6.07, 6.45) is 1.21. The van der Waals surface area contributed by atoms with Crippen LogP contribution in [-0.4, -0.2) is 29.5 Å². The summed E-state index contributed by atoms with van der Waals surface area (Å²) < 4.78 is 10.2. The molecule has 0 unspecified atom stereocenters. The highest BCUT2D eigenvalue weighted by Gasteiger charge is 2.14. The fourth-order valence-electron chi connectivity index (χ4n) is 2.43. The Kier molecular flexibility index (Phi) is 6.72. The molecule has 3 rings (SSSR count). The molecule has 0 aliphatic carbocycles. The van der Waals surface area contributed by atoms with Crippen molar-refractivity contribution >= 4 is 17.9 Å². The Morgan fingerprint density at radius 1 is 0.966 bits per heavy atom. The summed E-state index contributed by atoms with van der Waals surface area (Å²) in [5.41, 5.74) is 2.06. The predicted molar refractivity (Wildman–Crippen MR) is 103 cm³/mol. The summed E-state index contributed by atoms with van der Waals surface area (Å²) in [6.45, 7) is -0.295. The van der Waals surface area contributed by atoms with Gasteiger partial charge in [0.25, 0.3) is 5.91 Å². The molecule has 8 nitrogen and oxygen atoms in total. The number of hydrogen-bond donors (Lipinski definition) is 2. The first-order valence-electron chi connectivity index (χ1n) is 8.87. The van der Waals surface area contributed by atoms with Gasteiger partial charge in [-0.05, 0) is 17.7 Å². The van der Waals surface area contributed by atoms with Crippen molar-refractivity contribution in [1.82, 2.24) is 15.6 Å². The molecule has 0 aliphatic heterocycles. The van der Waals surface area contributed by atoms with Crippen molar-refractivity contribution in [3.8, 4) is 11.5 Å². The molecule has 1 aromatic heterocycles. The van der Waals surface area contributed by atoms with Gasteiger partial charge in [0, 0.05) is 12.1 Å². The minimum atomic E-state index is -0.728. The molecule has 2 N–H and O–H groups in total. The van der Waals surface area contributed by atoms with Crippen LogP contribution < -0.4 is 10.6 Å². The van der Waals surface area contributed by atoms with E-state index in [2.05, 4.69) is 15.6 Å². The lowest BCUT2D eigenvalue weighted by atomic mass is 10.2. The number of amides is 3. The highest BCUT2D eigenvalue weighted by atomic mass is 16.5. The zero-order valence-corrected chi connectivity index (χ0v) is 15.5. The molecule has 0 fully saturated rings. The van der Waals surface area contributed by atoms with Gasteiger partial charge in [-0.15, -0.1) is 0 Å². The van der Waals surface area contributed by atoms with Gasteiger partial charge in [-0.2, -0.15) is 0 Å². The van der Waals surface area contributed by atoms with Crippen LogP contribution in [0, 0.1) is 0 Å². The van der Waals surface area contributed by atoms with Gasteiger partial charge in [-0.1, -0.05) is 48.5 Å². The van der Waals surface area contributed by atoms with Crippen LogP contribution in [0.4, 0.5) is 4.79 Å². The van der Waals surface area contributed by atoms with Gasteiger partial charge in [0.1, 0.15) is 6.26 Å². The second-order valence-corrected chi connectivity index (χ2v) is 6.06. The van der Waals surface area contributed by atoms with E-state index in [1.165, 1.54) is 6.26 Å². The lowest BCUT2D eigenvalue weighted by Crippen LogP contribution is -2.41. The first-order valence-corrected chi connectivity index (χ1v) is 8.87. The maximum atomic E-state index is 11.9. The predicted octanol–water partition coefficient (Wildman–Crippen LogP) is 2.45. The van der Waals surface area contributed by atoms with E-state index in [4.69, 9.17) is 9.15 Å². The van der Waals surface area contributed by atoms with Crippen LogP contribution in [0.1, 0.15) is 11.3 Å². The zero-order chi connectivity index (χ0) is 20.5. The maximum Gasteiger partial charge on any atom is 0.321 e. The number of nitrogens with one attached hydrogen (secondary N) is 2. The van der Waals surface area contributed by atoms with E-state index >= 15 is 0 Å². The van der Waals surface area contributed by atoms with E-state index in [9.17, 15) is 14.4 Å². The van der Waals surface area contributed by atoms with E-state index in [0.29, 0.717) is 11.6 Å². The molecule has 3 amide bonds. The minimum Gasteiger partial charge on any atom is -0.455 e. The molecule has 29 heavy (non-hydrogen) atoms. The second kappa shape index (κ2) is 9.84. The first-order chi connectivity index (χ1) is 14.1. The Balaban J connectivity index is 1.38. The molecular weight excluding hydrogens is 374 g/mol. The quantitative estimate of drug-likeness (QED) is 0.597. The summed E-state index contributed by atoms with van der Waals surface area (Å²) in [5.74, 6) is -0.993. The number of imide groups is 1. The van der Waals surface area contributed by atoms with Gasteiger partial charge in [-0.25, -0.2) is 9.78 Å². The third kappa shape index (κ3) is 6.31. The molecule has 0 aliphatic rings. The number of carbonyl (C=O) groups excluding carboxylic acids is 3. The highest BCUT2D eigenvalue weighted by Crippen LogP contribution is 2.18. The molecule has 8 heteroatoms. The van der Waals surface area contributed by atoms with E-state index in [1.807, 2.05) is 60.7 Å². The van der Waals surface area contributed by atoms with Gasteiger partial charge < -0.3 is 14.5 Å². The molecule has 3 aromatic rings. The minimum absolute atomic E-state index is 0.149. The summed E-state index contributed by atoms with van der Waals surface area (Å²) in [6, 6.07) is 17.8. The molecule has 148 valence electrons. The fourth-order valence-corrected chi connectivity index (χ4v) is 2.43. The molecule has 0 saturated carbocycles. The molecule has 0 atom stereocenters. The zero-order valence-electron chi connectivity index (χ0n) is 15.5. The lowest BCUT2D eigenvalue weighted by molar-refractivity contribution is -0.147. The number of rotatable bonds is 7. The average molecular weight is 393 g/mol. The Morgan fingerprint density at radius 3 is 2.38 bits per heavy atom. The normalized spacial score (nSPS) is 10.2. The van der Waals surface area contributed by atoms with Crippen molar-refractivity contribution in [2.45, 2.75) is 13.0 Å². The van der Waals surface area contributed by atoms with Crippen LogP contribution >= 0.6 is 0 Å². The summed E-state index contributed by atoms with van der Waals surface area (Å²) in [5, 5.41) is 4.64. The van der Waals surface area contributed by atoms with Gasteiger partial charge in [0.05, 0.1) is 12.1 Å². The molecule has 0 bridgehead atoms. The summed E-state index contributed by atoms with van der Waals surface area (Å²) in [7, 11) is 0. The highest BCUT2D eigenvalue weighted by molar-refractivity contribution is 5.95. The lowest BCUT2D eigenvalue weighted by Gasteiger charge is -2.07. The Labute approximate surface area is 166 Å². The van der Waals surface area contributed by atoms with E-state index in [0.717, 1.165) is 11.1 Å². The smallest absolute Gasteiger partial charge is 0.321 e. The van der Waals surface area contributed by atoms with Gasteiger partial charge >= 0.3 is 12.0 Å². The number of esters is 1. The number of benzene rings is 2. The number of hydrogen-bond acceptors (Lipinski definition) is 6. The molecular formula is C21H19N3O5. The maximum absolute atomic E-state index is 11.9. The summed E-state index contributed by atoms with van der Waals surface area (Å²) in [4.78, 5) is 39.5. The molecule has 1 heterocycles. The number of nitrogens with zero attached hydrogens (tertiary/aromatic N) is 1. The van der Waals surface area contributed by atoms with Crippen molar-refractivity contribution in [1.29, 1.82) is 0 Å². The molecule has 2 aromatic carbocycles. The van der Waals surface area contributed by atoms with Crippen LogP contribution in [-0.2, 0) is 27.3 Å². The SMILES string of the molecule is O=C(COC(=O)Cc1coc(-c2ccccc2)n1)NC(=O)NCc1ccccc1. The van der Waals surface area contributed by atoms with Crippen LogP contribution in [0.5, 0.6) is 0 Å². The van der Waals surface area contributed by atoms with Crippen molar-refractivity contribution in [3.05, 3.63) is 78.2 Å². The number of ether oxygens (including phenoxy) is 1. The second-order valence-electron chi connectivity index (χ2n) is 6.06. The molecule has 0 radical (unpaired) electrons. The van der Waals surface area contributed by atoms with Crippen LogP contribution in [0.2, 0.25) is 0 Å². The summed E-state index contributed by atoms with van der Waals surface area (Å²) >= 11 is 0. The Morgan fingerprint density at radius 2 is 1.66 bits per heavy atom. The largest absolute Gasteiger partial charge is 0.455 e. The van der Waals surface area contributed by atoms with E-state index in [-0.39, 0.29) is 13.0 Å². The monoisotopic (exact) mass is 393 g/mol. The van der Waals surface area contributed by atoms with Crippen LogP contribution in [0.3, 0.4) is 0 Å². The third-order valence-corrected chi connectivity index (χ3v) is 3.81. The van der Waals surface area contributed by atoms with Crippen LogP contribution in [0.15, 0.2) is 71.3 Å². The number of aromatic nitrogens is 1. The van der Waals surface area contributed by atoms with Gasteiger partial charge in [0.15, 0.2) is 6.61 Å². The van der Waals surface area contributed by atoms with Crippen LogP contribution in [0.25, 0.3) is 11.5 Å². The van der Waals surface area contributed by atoms with E-state index < -0.39 is 24.5 Å².